The summed E-state index contributed by atoms with van der Waals surface area (Å²) in [5.41, 5.74) is -0.573. The molecule has 0 unspecified atom stereocenters. The lowest BCUT2D eigenvalue weighted by molar-refractivity contribution is -0.145. The molecular weight excluding hydrogens is 286 g/mol. The number of ether oxygens (including phenoxy) is 3. The van der Waals surface area contributed by atoms with Gasteiger partial charge in [-0.25, -0.2) is 4.79 Å². The van der Waals surface area contributed by atoms with Crippen molar-refractivity contribution in [2.24, 2.45) is 5.92 Å². The largest absolute Gasteiger partial charge is 0.469 e. The number of likely N-dealkylation sites (N-methyl/N-ethyl adjacent to an activating group) is 1. The van der Waals surface area contributed by atoms with Gasteiger partial charge in [-0.1, -0.05) is 20.3 Å². The lowest BCUT2D eigenvalue weighted by Crippen LogP contribution is -2.51. The van der Waals surface area contributed by atoms with Crippen molar-refractivity contribution in [3.05, 3.63) is 0 Å². The Morgan fingerprint density at radius 1 is 1.18 bits per heavy atom. The molecule has 6 nitrogen and oxygen atoms in total. The summed E-state index contributed by atoms with van der Waals surface area (Å²) in [4.78, 5) is 25.4. The number of carbonyl (C=O) groups excluding carboxylic acids is 2. The van der Waals surface area contributed by atoms with Crippen LogP contribution in [-0.4, -0.2) is 56.0 Å². The van der Waals surface area contributed by atoms with Gasteiger partial charge >= 0.3 is 12.1 Å². The highest BCUT2D eigenvalue weighted by atomic mass is 16.6. The van der Waals surface area contributed by atoms with Crippen LogP contribution in [0.4, 0.5) is 4.79 Å². The van der Waals surface area contributed by atoms with Crippen LogP contribution in [0.3, 0.4) is 0 Å². The zero-order valence-electron chi connectivity index (χ0n) is 15.1. The van der Waals surface area contributed by atoms with E-state index in [4.69, 9.17) is 14.2 Å². The fourth-order valence-corrected chi connectivity index (χ4v) is 2.29. The van der Waals surface area contributed by atoms with Crippen molar-refractivity contribution in [3.63, 3.8) is 0 Å². The molecule has 6 heteroatoms. The van der Waals surface area contributed by atoms with E-state index in [1.54, 1.807) is 7.05 Å². The van der Waals surface area contributed by atoms with E-state index in [0.29, 0.717) is 0 Å². The minimum absolute atomic E-state index is 0.0924. The molecule has 3 atom stereocenters. The summed E-state index contributed by atoms with van der Waals surface area (Å²) in [6, 6.07) is -0.274. The Labute approximate surface area is 134 Å². The smallest absolute Gasteiger partial charge is 0.410 e. The first kappa shape index (κ1) is 20.7. The molecule has 130 valence electrons. The van der Waals surface area contributed by atoms with Crippen molar-refractivity contribution in [3.8, 4) is 0 Å². The topological polar surface area (TPSA) is 65.1 Å². The van der Waals surface area contributed by atoms with Crippen molar-refractivity contribution < 1.29 is 23.8 Å². The summed E-state index contributed by atoms with van der Waals surface area (Å²) < 4.78 is 15.6. The molecule has 0 aliphatic rings. The molecule has 0 saturated heterocycles. The van der Waals surface area contributed by atoms with Crippen molar-refractivity contribution in [1.29, 1.82) is 0 Å². The number of amides is 1. The summed E-state index contributed by atoms with van der Waals surface area (Å²) in [5.74, 6) is -0.218. The quantitative estimate of drug-likeness (QED) is 0.676. The highest BCUT2D eigenvalue weighted by Crippen LogP contribution is 2.23. The second-order valence-electron chi connectivity index (χ2n) is 6.52. The lowest BCUT2D eigenvalue weighted by atomic mass is 9.91. The third kappa shape index (κ3) is 6.64. The monoisotopic (exact) mass is 317 g/mol. The average molecular weight is 317 g/mol. The third-order valence-corrected chi connectivity index (χ3v) is 3.63. The van der Waals surface area contributed by atoms with Gasteiger partial charge in [0.15, 0.2) is 0 Å². The number of methoxy groups -OCH3 is 2. The molecule has 0 bridgehead atoms. The standard InChI is InChI=1S/C16H31NO5/c1-9-11(2)14(12(20-7)10-13(18)21-8)17(6)15(19)22-16(3,4)5/h11-12,14H,9-10H2,1-8H3/t11-,12+,14-/m0/s1. The molecule has 0 aromatic rings. The van der Waals surface area contributed by atoms with E-state index in [2.05, 4.69) is 0 Å². The first-order valence-electron chi connectivity index (χ1n) is 7.62. The first-order valence-corrected chi connectivity index (χ1v) is 7.62. The van der Waals surface area contributed by atoms with E-state index in [9.17, 15) is 9.59 Å². The predicted molar refractivity (Wildman–Crippen MR) is 84.7 cm³/mol. The van der Waals surface area contributed by atoms with Crippen molar-refractivity contribution >= 4 is 12.1 Å². The summed E-state index contributed by atoms with van der Waals surface area (Å²) in [5, 5.41) is 0. The molecular formula is C16H31NO5. The Morgan fingerprint density at radius 3 is 2.09 bits per heavy atom. The van der Waals surface area contributed by atoms with E-state index in [1.807, 2.05) is 34.6 Å². The Bertz CT molecular complexity index is 364. The second kappa shape index (κ2) is 8.98. The maximum atomic E-state index is 12.3. The molecule has 0 rings (SSSR count). The van der Waals surface area contributed by atoms with E-state index in [-0.39, 0.29) is 24.3 Å². The van der Waals surface area contributed by atoms with E-state index in [0.717, 1.165) is 6.42 Å². The van der Waals surface area contributed by atoms with Gasteiger partial charge in [-0.3, -0.25) is 4.79 Å². The fraction of sp³-hybridized carbons (Fsp3) is 0.875. The summed E-state index contributed by atoms with van der Waals surface area (Å²) in [6.07, 6.45) is 0.0678. The minimum Gasteiger partial charge on any atom is -0.469 e. The molecule has 0 heterocycles. The van der Waals surface area contributed by atoms with Gasteiger partial charge in [0.05, 0.1) is 25.7 Å². The molecule has 1 amide bonds. The minimum atomic E-state index is -0.573. The van der Waals surface area contributed by atoms with Gasteiger partial charge in [-0.05, 0) is 26.7 Å². The van der Waals surface area contributed by atoms with Crippen LogP contribution in [0.15, 0.2) is 0 Å². The number of esters is 1. The van der Waals surface area contributed by atoms with Gasteiger partial charge in [-0.2, -0.15) is 0 Å². The number of hydrogen-bond acceptors (Lipinski definition) is 5. The second-order valence-corrected chi connectivity index (χ2v) is 6.52. The fourth-order valence-electron chi connectivity index (χ4n) is 2.29. The van der Waals surface area contributed by atoms with Crippen LogP contribution in [-0.2, 0) is 19.0 Å². The van der Waals surface area contributed by atoms with Crippen LogP contribution in [0.2, 0.25) is 0 Å². The maximum absolute atomic E-state index is 12.3. The molecule has 0 aliphatic carbocycles. The molecule has 0 saturated carbocycles. The van der Waals surface area contributed by atoms with Gasteiger partial charge in [0, 0.05) is 14.2 Å². The van der Waals surface area contributed by atoms with Gasteiger partial charge in [0.1, 0.15) is 5.60 Å². The van der Waals surface area contributed by atoms with Crippen molar-refractivity contribution in [1.82, 2.24) is 4.90 Å². The molecule has 0 radical (unpaired) electrons. The SMILES string of the molecule is CC[C@H](C)[C@@H]([C@@H](CC(=O)OC)OC)N(C)C(=O)OC(C)(C)C. The third-order valence-electron chi connectivity index (χ3n) is 3.63. The summed E-state index contributed by atoms with van der Waals surface area (Å²) >= 11 is 0. The highest BCUT2D eigenvalue weighted by molar-refractivity contribution is 5.71. The van der Waals surface area contributed by atoms with Gasteiger partial charge < -0.3 is 19.1 Å². The molecule has 0 spiro atoms. The van der Waals surface area contributed by atoms with Crippen LogP contribution in [0.25, 0.3) is 0 Å². The molecule has 0 aliphatic heterocycles. The zero-order chi connectivity index (χ0) is 17.5. The Morgan fingerprint density at radius 2 is 1.73 bits per heavy atom. The number of hydrogen-bond donors (Lipinski definition) is 0. The lowest BCUT2D eigenvalue weighted by Gasteiger charge is -2.38. The molecule has 22 heavy (non-hydrogen) atoms. The molecule has 0 aromatic heterocycles. The van der Waals surface area contributed by atoms with Crippen LogP contribution in [0, 0.1) is 5.92 Å². The van der Waals surface area contributed by atoms with Crippen LogP contribution in [0.5, 0.6) is 0 Å². The number of rotatable bonds is 7. The van der Waals surface area contributed by atoms with Crippen molar-refractivity contribution in [2.75, 3.05) is 21.3 Å². The van der Waals surface area contributed by atoms with E-state index in [1.165, 1.54) is 19.1 Å². The Kier molecular flexibility index (Phi) is 8.45. The van der Waals surface area contributed by atoms with E-state index < -0.39 is 17.8 Å². The molecule has 0 N–H and O–H groups in total. The number of carbonyl (C=O) groups is 2. The average Bonchev–Trinajstić information content (AvgIpc) is 2.43. The predicted octanol–water partition coefficient (Wildman–Crippen LogP) is 2.85. The Hall–Kier alpha value is -1.30. The highest BCUT2D eigenvalue weighted by Gasteiger charge is 2.35. The van der Waals surface area contributed by atoms with Gasteiger partial charge in [0.2, 0.25) is 0 Å². The summed E-state index contributed by atoms with van der Waals surface area (Å²) in [7, 11) is 4.55. The zero-order valence-corrected chi connectivity index (χ0v) is 15.1. The summed E-state index contributed by atoms with van der Waals surface area (Å²) in [6.45, 7) is 9.51. The first-order chi connectivity index (χ1) is 10.1. The Balaban J connectivity index is 5.24. The van der Waals surface area contributed by atoms with Crippen molar-refractivity contribution in [2.45, 2.75) is 65.2 Å². The molecule has 0 aromatic carbocycles. The maximum Gasteiger partial charge on any atom is 0.410 e. The normalized spacial score (nSPS) is 15.6. The van der Waals surface area contributed by atoms with Crippen LogP contribution >= 0.6 is 0 Å². The van der Waals surface area contributed by atoms with E-state index >= 15 is 0 Å². The van der Waals surface area contributed by atoms with Crippen LogP contribution in [0.1, 0.15) is 47.5 Å². The van der Waals surface area contributed by atoms with Gasteiger partial charge in [0.25, 0.3) is 0 Å². The van der Waals surface area contributed by atoms with Gasteiger partial charge in [-0.15, -0.1) is 0 Å². The molecule has 0 fully saturated rings. The number of nitrogens with zero attached hydrogens (tertiary/aromatic N) is 1. The van der Waals surface area contributed by atoms with Crippen LogP contribution < -0.4 is 0 Å².